The fourth-order valence-electron chi connectivity index (χ4n) is 2.61. The topological polar surface area (TPSA) is 47.0 Å². The van der Waals surface area contributed by atoms with Gasteiger partial charge < -0.3 is 10.1 Å². The summed E-state index contributed by atoms with van der Waals surface area (Å²) in [6, 6.07) is 0. The molecule has 0 spiro atoms. The van der Waals surface area contributed by atoms with Crippen LogP contribution in [-0.2, 0) is 24.2 Å². The molecule has 3 heterocycles. The Morgan fingerprint density at radius 3 is 3.12 bits per heavy atom. The van der Waals surface area contributed by atoms with Crippen LogP contribution >= 0.6 is 0 Å². The Morgan fingerprint density at radius 2 is 2.24 bits per heavy atom. The van der Waals surface area contributed by atoms with Crippen LogP contribution in [0.25, 0.3) is 0 Å². The molecule has 2 aliphatic rings. The predicted octanol–water partition coefficient (Wildman–Crippen LogP) is 1.09. The van der Waals surface area contributed by atoms with Gasteiger partial charge in [-0.1, -0.05) is 0 Å². The van der Waals surface area contributed by atoms with Gasteiger partial charge in [-0.3, -0.25) is 0 Å². The molecule has 17 heavy (non-hydrogen) atoms. The van der Waals surface area contributed by atoms with Crippen LogP contribution in [0, 0.1) is 5.92 Å². The molecule has 0 aromatic carbocycles. The predicted molar refractivity (Wildman–Crippen MR) is 64.7 cm³/mol. The third kappa shape index (κ3) is 2.64. The number of hydrogen-bond donors (Lipinski definition) is 1. The van der Waals surface area contributed by atoms with Crippen molar-refractivity contribution in [1.82, 2.24) is 15.3 Å². The second-order valence-electron chi connectivity index (χ2n) is 4.96. The first-order valence-corrected chi connectivity index (χ1v) is 6.54. The Hall–Kier alpha value is -1.00. The summed E-state index contributed by atoms with van der Waals surface area (Å²) in [5, 5.41) is 3.39. The monoisotopic (exact) mass is 233 g/mol. The maximum absolute atomic E-state index is 5.44. The van der Waals surface area contributed by atoms with Crippen molar-refractivity contribution in [2.75, 3.05) is 19.7 Å². The van der Waals surface area contributed by atoms with Crippen LogP contribution in [0.5, 0.6) is 0 Å². The van der Waals surface area contributed by atoms with Crippen molar-refractivity contribution < 1.29 is 4.74 Å². The zero-order valence-electron chi connectivity index (χ0n) is 10.1. The molecule has 3 rings (SSSR count). The lowest BCUT2D eigenvalue weighted by Gasteiger charge is -2.22. The van der Waals surface area contributed by atoms with Gasteiger partial charge in [-0.05, 0) is 43.8 Å². The number of fused-ring (bicyclic) bond motifs is 1. The van der Waals surface area contributed by atoms with Gasteiger partial charge in [-0.15, -0.1) is 0 Å². The van der Waals surface area contributed by atoms with Crippen LogP contribution in [0.15, 0.2) is 6.20 Å². The van der Waals surface area contributed by atoms with Gasteiger partial charge in [0.1, 0.15) is 5.82 Å². The smallest absolute Gasteiger partial charge is 0.128 e. The average Bonchev–Trinajstić information content (AvgIpc) is 2.40. The number of hydrogen-bond acceptors (Lipinski definition) is 4. The highest BCUT2D eigenvalue weighted by molar-refractivity contribution is 5.19. The third-order valence-electron chi connectivity index (χ3n) is 3.69. The van der Waals surface area contributed by atoms with E-state index in [1.807, 2.05) is 6.20 Å². The van der Waals surface area contributed by atoms with Gasteiger partial charge in [0, 0.05) is 12.6 Å². The van der Waals surface area contributed by atoms with Gasteiger partial charge in [0.05, 0.1) is 18.9 Å². The van der Waals surface area contributed by atoms with Crippen molar-refractivity contribution in [1.29, 1.82) is 0 Å². The minimum absolute atomic E-state index is 0.664. The second kappa shape index (κ2) is 5.10. The van der Waals surface area contributed by atoms with E-state index >= 15 is 0 Å². The molecule has 1 saturated heterocycles. The van der Waals surface area contributed by atoms with Crippen LogP contribution in [0.2, 0.25) is 0 Å². The quantitative estimate of drug-likeness (QED) is 0.830. The number of aromatic nitrogens is 2. The molecule has 0 saturated carbocycles. The van der Waals surface area contributed by atoms with Crippen LogP contribution in [0.3, 0.4) is 0 Å². The van der Waals surface area contributed by atoms with Crippen molar-refractivity contribution in [2.24, 2.45) is 5.92 Å². The van der Waals surface area contributed by atoms with Gasteiger partial charge >= 0.3 is 0 Å². The summed E-state index contributed by atoms with van der Waals surface area (Å²) >= 11 is 0. The maximum atomic E-state index is 5.44. The van der Waals surface area contributed by atoms with Crippen molar-refractivity contribution in [3.8, 4) is 0 Å². The molecule has 4 nitrogen and oxygen atoms in total. The van der Waals surface area contributed by atoms with Gasteiger partial charge in [-0.2, -0.15) is 0 Å². The lowest BCUT2D eigenvalue weighted by molar-refractivity contribution is 0.107. The highest BCUT2D eigenvalue weighted by Gasteiger charge is 2.17. The Morgan fingerprint density at radius 1 is 1.35 bits per heavy atom. The number of rotatable bonds is 2. The Kier molecular flexibility index (Phi) is 3.34. The van der Waals surface area contributed by atoms with Crippen molar-refractivity contribution in [3.63, 3.8) is 0 Å². The van der Waals surface area contributed by atoms with E-state index in [1.165, 1.54) is 18.4 Å². The third-order valence-corrected chi connectivity index (χ3v) is 3.69. The van der Waals surface area contributed by atoms with Crippen molar-refractivity contribution >= 4 is 0 Å². The molecule has 4 heteroatoms. The fraction of sp³-hybridized carbons (Fsp3) is 0.692. The zero-order valence-corrected chi connectivity index (χ0v) is 10.1. The highest BCUT2D eigenvalue weighted by Crippen LogP contribution is 2.18. The molecule has 0 atom stereocenters. The van der Waals surface area contributed by atoms with Gasteiger partial charge in [0.25, 0.3) is 0 Å². The summed E-state index contributed by atoms with van der Waals surface area (Å²) in [6.45, 7) is 3.75. The number of nitrogens with one attached hydrogen (secondary N) is 1. The summed E-state index contributed by atoms with van der Waals surface area (Å²) in [5.41, 5.74) is 2.38. The lowest BCUT2D eigenvalue weighted by atomic mass is 9.94. The summed E-state index contributed by atoms with van der Waals surface area (Å²) < 4.78 is 5.44. The molecule has 2 aliphatic heterocycles. The van der Waals surface area contributed by atoms with E-state index in [2.05, 4.69) is 15.3 Å². The van der Waals surface area contributed by atoms with Crippen LogP contribution < -0.4 is 5.32 Å². The van der Waals surface area contributed by atoms with E-state index in [-0.39, 0.29) is 0 Å². The van der Waals surface area contributed by atoms with E-state index in [0.29, 0.717) is 6.61 Å². The van der Waals surface area contributed by atoms with Gasteiger partial charge in [0.15, 0.2) is 0 Å². The fourth-order valence-corrected chi connectivity index (χ4v) is 2.61. The minimum Gasteiger partial charge on any atom is -0.375 e. The standard InChI is InChI=1S/C13H19N3O/c1-4-14-5-2-10(1)7-13-15-8-11-3-6-17-9-12(11)16-13/h8,10,14H,1-7,9H2. The number of ether oxygens (including phenoxy) is 1. The van der Waals surface area contributed by atoms with E-state index in [0.717, 1.165) is 50.0 Å². The largest absolute Gasteiger partial charge is 0.375 e. The molecule has 0 radical (unpaired) electrons. The molecule has 0 bridgehead atoms. The molecule has 1 N–H and O–H groups in total. The minimum atomic E-state index is 0.664. The molecule has 1 aromatic heterocycles. The number of nitrogens with zero attached hydrogens (tertiary/aromatic N) is 2. The molecule has 0 aliphatic carbocycles. The van der Waals surface area contributed by atoms with E-state index in [1.54, 1.807) is 0 Å². The second-order valence-corrected chi connectivity index (χ2v) is 4.96. The Labute approximate surface area is 102 Å². The molecular weight excluding hydrogens is 214 g/mol. The maximum Gasteiger partial charge on any atom is 0.128 e. The number of piperidine rings is 1. The lowest BCUT2D eigenvalue weighted by Crippen LogP contribution is -2.29. The zero-order chi connectivity index (χ0) is 11.5. The molecule has 0 unspecified atom stereocenters. The molecule has 1 aromatic rings. The van der Waals surface area contributed by atoms with Crippen LogP contribution in [0.4, 0.5) is 0 Å². The Bertz CT molecular complexity index is 388. The summed E-state index contributed by atoms with van der Waals surface area (Å²) in [5.74, 6) is 1.75. The summed E-state index contributed by atoms with van der Waals surface area (Å²) in [6.07, 6.45) is 6.48. The van der Waals surface area contributed by atoms with Gasteiger partial charge in [-0.25, -0.2) is 9.97 Å². The first kappa shape index (κ1) is 11.1. The normalized spacial score (nSPS) is 21.2. The van der Waals surface area contributed by atoms with Crippen molar-refractivity contribution in [3.05, 3.63) is 23.3 Å². The summed E-state index contributed by atoms with van der Waals surface area (Å²) in [7, 11) is 0. The van der Waals surface area contributed by atoms with E-state index in [9.17, 15) is 0 Å². The van der Waals surface area contributed by atoms with Crippen LogP contribution in [0.1, 0.15) is 29.9 Å². The highest BCUT2D eigenvalue weighted by atomic mass is 16.5. The first-order valence-electron chi connectivity index (χ1n) is 6.54. The summed E-state index contributed by atoms with van der Waals surface area (Å²) in [4.78, 5) is 9.15. The average molecular weight is 233 g/mol. The van der Waals surface area contributed by atoms with Gasteiger partial charge in [0.2, 0.25) is 0 Å². The molecular formula is C13H19N3O. The first-order chi connectivity index (χ1) is 8.42. The van der Waals surface area contributed by atoms with E-state index < -0.39 is 0 Å². The Balaban J connectivity index is 1.70. The SMILES string of the molecule is c1nc(CC2CCNCC2)nc2c1CCOC2. The molecule has 1 fully saturated rings. The molecule has 0 amide bonds. The van der Waals surface area contributed by atoms with Crippen molar-refractivity contribution in [2.45, 2.75) is 32.3 Å². The van der Waals surface area contributed by atoms with Crippen LogP contribution in [-0.4, -0.2) is 29.7 Å². The molecule has 92 valence electrons. The van der Waals surface area contributed by atoms with E-state index in [4.69, 9.17) is 4.74 Å².